The largest absolute Gasteiger partial charge is 0.439 e. The Hall–Kier alpha value is 0.981. The van der Waals surface area contributed by atoms with E-state index in [1.54, 1.807) is 0 Å². The van der Waals surface area contributed by atoms with E-state index in [0.717, 1.165) is 63.5 Å². The molecule has 0 atom stereocenters. The first-order valence-electron chi connectivity index (χ1n) is 17.2. The molecule has 14 heteroatoms. The zero-order chi connectivity index (χ0) is 34.1. The Morgan fingerprint density at radius 2 is 0.886 bits per heavy atom. The maximum absolute atomic E-state index is 10.0. The molecule has 0 saturated carbocycles. The van der Waals surface area contributed by atoms with Crippen LogP contribution in [0.25, 0.3) is 0 Å². The molecule has 0 unspecified atom stereocenters. The van der Waals surface area contributed by atoms with E-state index in [0.29, 0.717) is 26.4 Å². The molecule has 0 amide bonds. The van der Waals surface area contributed by atoms with Crippen molar-refractivity contribution in [1.82, 2.24) is 0 Å². The van der Waals surface area contributed by atoms with Gasteiger partial charge in [-0.15, -0.1) is 0 Å². The van der Waals surface area contributed by atoms with E-state index >= 15 is 0 Å². The Morgan fingerprint density at radius 3 is 1.25 bits per heavy atom. The van der Waals surface area contributed by atoms with Gasteiger partial charge in [0.1, 0.15) is 0 Å². The van der Waals surface area contributed by atoms with Gasteiger partial charge in [-0.2, -0.15) is 0 Å². The van der Waals surface area contributed by atoms with Gasteiger partial charge in [-0.1, -0.05) is 38.5 Å². The number of rotatable bonds is 28. The first kappa shape index (κ1) is 45.0. The van der Waals surface area contributed by atoms with Gasteiger partial charge in [-0.05, 0) is 110 Å². The highest BCUT2D eigenvalue weighted by Gasteiger charge is 2.39. The summed E-state index contributed by atoms with van der Waals surface area (Å²) in [5.41, 5.74) is -0.753. The molecule has 0 saturated heterocycles. The lowest BCUT2D eigenvalue weighted by atomic mass is 9.92. The fourth-order valence-electron chi connectivity index (χ4n) is 5.07. The van der Waals surface area contributed by atoms with Crippen molar-refractivity contribution in [3.05, 3.63) is 0 Å². The first-order valence-corrected chi connectivity index (χ1v) is 35.1. The van der Waals surface area contributed by atoms with Crippen molar-refractivity contribution in [3.8, 4) is 0 Å². The highest BCUT2D eigenvalue weighted by atomic mass is 28.5. The van der Waals surface area contributed by atoms with Gasteiger partial charge in [0.05, 0.1) is 31.8 Å². The van der Waals surface area contributed by atoms with Crippen LogP contribution in [0.4, 0.5) is 0 Å². The number of hydrogen-bond donors (Lipinski definition) is 2. The van der Waals surface area contributed by atoms with Crippen LogP contribution in [0.1, 0.15) is 51.4 Å². The summed E-state index contributed by atoms with van der Waals surface area (Å²) in [6.07, 6.45) is 8.64. The molecule has 0 aromatic carbocycles. The zero-order valence-electron chi connectivity index (χ0n) is 31.2. The Kier molecular flexibility index (Phi) is 21.6. The third kappa shape index (κ3) is 26.0. The average Bonchev–Trinajstić information content (AvgIpc) is 2.81. The number of hydrogen-bond acceptors (Lipinski definition) is 8. The van der Waals surface area contributed by atoms with Gasteiger partial charge in [0.25, 0.3) is 0 Å². The molecule has 2 N–H and O–H groups in total. The van der Waals surface area contributed by atoms with E-state index in [2.05, 4.69) is 85.1 Å². The first-order chi connectivity index (χ1) is 20.0. The van der Waals surface area contributed by atoms with Crippen molar-refractivity contribution in [2.45, 2.75) is 149 Å². The van der Waals surface area contributed by atoms with Gasteiger partial charge >= 0.3 is 17.8 Å². The van der Waals surface area contributed by atoms with Crippen LogP contribution in [0, 0.1) is 5.41 Å². The molecule has 0 aromatic rings. The molecule has 0 aliphatic rings. The molecule has 0 aromatic heterocycles. The molecule has 0 aliphatic carbocycles. The second-order valence-corrected chi connectivity index (χ2v) is 41.4. The second-order valence-electron chi connectivity index (χ2n) is 16.7. The Balaban J connectivity index is 4.28. The molecular formula is C30H74O8Si6. The summed E-state index contributed by atoms with van der Waals surface area (Å²) in [6, 6.07) is 2.12. The van der Waals surface area contributed by atoms with Crippen molar-refractivity contribution >= 4 is 51.1 Å². The van der Waals surface area contributed by atoms with Crippen LogP contribution in [-0.4, -0.2) is 101 Å². The fourth-order valence-corrected chi connectivity index (χ4v) is 26.2. The Bertz CT molecular complexity index is 699. The molecular weight excluding hydrogens is 657 g/mol. The van der Waals surface area contributed by atoms with E-state index < -0.39 is 56.5 Å². The maximum Gasteiger partial charge on any atom is 0.314 e. The maximum atomic E-state index is 10.0. The van der Waals surface area contributed by atoms with E-state index in [1.165, 1.54) is 0 Å². The SMILES string of the molecule is C[Si](C)(C)O[SiH](CCCCCCOCC(CO)(CO)COCCCCCC[Si](C)(O[Si](C)(C)C)O[Si](C)(C)C)O[Si](C)(C)C. The summed E-state index contributed by atoms with van der Waals surface area (Å²) in [5.74, 6) is 0. The second kappa shape index (κ2) is 21.1. The minimum Gasteiger partial charge on any atom is -0.439 e. The molecule has 0 rings (SSSR count). The van der Waals surface area contributed by atoms with Gasteiger partial charge in [0.15, 0.2) is 33.3 Å². The van der Waals surface area contributed by atoms with Crippen LogP contribution in [0.3, 0.4) is 0 Å². The normalized spacial score (nSPS) is 14.2. The van der Waals surface area contributed by atoms with Crippen molar-refractivity contribution in [1.29, 1.82) is 0 Å². The van der Waals surface area contributed by atoms with Gasteiger partial charge in [-0.3, -0.25) is 0 Å². The summed E-state index contributed by atoms with van der Waals surface area (Å²) < 4.78 is 37.9. The summed E-state index contributed by atoms with van der Waals surface area (Å²) in [5, 5.41) is 20.0. The van der Waals surface area contributed by atoms with E-state index in [4.69, 9.17) is 25.9 Å². The molecule has 0 fully saturated rings. The van der Waals surface area contributed by atoms with Gasteiger partial charge < -0.3 is 36.1 Å². The van der Waals surface area contributed by atoms with Crippen molar-refractivity contribution in [2.24, 2.45) is 5.41 Å². The summed E-state index contributed by atoms with van der Waals surface area (Å²) in [7, 11) is -10.3. The highest BCUT2D eigenvalue weighted by molar-refractivity contribution is 6.87. The lowest BCUT2D eigenvalue weighted by molar-refractivity contribution is -0.0776. The third-order valence-electron chi connectivity index (χ3n) is 6.65. The van der Waals surface area contributed by atoms with Crippen LogP contribution in [0.5, 0.6) is 0 Å². The molecule has 0 spiro atoms. The van der Waals surface area contributed by atoms with Gasteiger partial charge in [0, 0.05) is 13.2 Å². The van der Waals surface area contributed by atoms with E-state index in [1.807, 2.05) is 0 Å². The predicted octanol–water partition coefficient (Wildman–Crippen LogP) is 7.81. The molecule has 8 nitrogen and oxygen atoms in total. The van der Waals surface area contributed by atoms with Crippen LogP contribution >= 0.6 is 0 Å². The van der Waals surface area contributed by atoms with Gasteiger partial charge in [0.2, 0.25) is 0 Å². The summed E-state index contributed by atoms with van der Waals surface area (Å²) in [4.78, 5) is 0. The molecule has 0 heterocycles. The molecule has 266 valence electrons. The topological polar surface area (TPSA) is 95.8 Å². The van der Waals surface area contributed by atoms with E-state index in [9.17, 15) is 10.2 Å². The number of aliphatic hydroxyl groups excluding tert-OH is 2. The number of aliphatic hydroxyl groups is 2. The van der Waals surface area contributed by atoms with Crippen molar-refractivity contribution in [2.75, 3.05) is 39.6 Å². The lowest BCUT2D eigenvalue weighted by Crippen LogP contribution is -2.52. The fraction of sp³-hybridized carbons (Fsp3) is 1.00. The Labute approximate surface area is 279 Å². The summed E-state index contributed by atoms with van der Waals surface area (Å²) >= 11 is 0. The van der Waals surface area contributed by atoms with Crippen LogP contribution < -0.4 is 0 Å². The lowest BCUT2D eigenvalue weighted by Gasteiger charge is -2.38. The monoisotopic (exact) mass is 730 g/mol. The van der Waals surface area contributed by atoms with Crippen LogP contribution in [0.15, 0.2) is 0 Å². The molecule has 0 aliphatic heterocycles. The smallest absolute Gasteiger partial charge is 0.314 e. The van der Waals surface area contributed by atoms with Crippen molar-refractivity contribution < 1.29 is 36.1 Å². The predicted molar refractivity (Wildman–Crippen MR) is 201 cm³/mol. The van der Waals surface area contributed by atoms with Crippen LogP contribution in [-0.2, 0) is 25.9 Å². The van der Waals surface area contributed by atoms with E-state index in [-0.39, 0.29) is 13.2 Å². The number of unbranched alkanes of at least 4 members (excludes halogenated alkanes) is 6. The van der Waals surface area contributed by atoms with Crippen molar-refractivity contribution in [3.63, 3.8) is 0 Å². The molecule has 0 radical (unpaired) electrons. The average molecular weight is 731 g/mol. The third-order valence-corrected chi connectivity index (χ3v) is 24.9. The Morgan fingerprint density at radius 1 is 0.500 bits per heavy atom. The van der Waals surface area contributed by atoms with Gasteiger partial charge in [-0.25, -0.2) is 0 Å². The minimum atomic E-state index is -2.16. The molecule has 44 heavy (non-hydrogen) atoms. The van der Waals surface area contributed by atoms with Crippen LogP contribution in [0.2, 0.25) is 97.2 Å². The standard InChI is InChI=1S/C30H74O8Si6/c1-40(2,3)35-39(36-41(4,5)6)24-20-16-14-18-22-33-28-30(26-31,27-32)29-34-23-19-15-17-21-25-44(13,37-42(7,8)9)38-43(10,11)12/h31-32,39H,14-29H2,1-13H3. The zero-order valence-corrected chi connectivity index (χ0v) is 37.4. The number of ether oxygens (including phenoxy) is 2. The minimum absolute atomic E-state index is 0.152. The quantitative estimate of drug-likeness (QED) is 0.0622. The summed E-state index contributed by atoms with van der Waals surface area (Å²) in [6.45, 7) is 30.8. The highest BCUT2D eigenvalue weighted by Crippen LogP contribution is 2.27. The molecule has 0 bridgehead atoms.